The molecular formula is C19H18ClN3O2. The summed E-state index contributed by atoms with van der Waals surface area (Å²) in [6.45, 7) is 0.962. The SMILES string of the molecule is O=C(NCCCNC(=O)c1cc2ccccc2[nH]1)c1ccc(Cl)cc1. The topological polar surface area (TPSA) is 74.0 Å². The Bertz CT molecular complexity index is 854. The molecular weight excluding hydrogens is 338 g/mol. The minimum Gasteiger partial charge on any atom is -0.352 e. The molecule has 3 aromatic rings. The Kier molecular flexibility index (Phi) is 5.36. The normalized spacial score (nSPS) is 10.6. The number of aromatic amines is 1. The summed E-state index contributed by atoms with van der Waals surface area (Å²) < 4.78 is 0. The number of carbonyl (C=O) groups is 2. The van der Waals surface area contributed by atoms with E-state index in [1.807, 2.05) is 30.3 Å². The van der Waals surface area contributed by atoms with Crippen molar-refractivity contribution in [1.29, 1.82) is 0 Å². The summed E-state index contributed by atoms with van der Waals surface area (Å²) in [5.41, 5.74) is 2.03. The largest absolute Gasteiger partial charge is 0.352 e. The number of hydrogen-bond acceptors (Lipinski definition) is 2. The summed E-state index contributed by atoms with van der Waals surface area (Å²) in [4.78, 5) is 27.1. The number of amides is 2. The van der Waals surface area contributed by atoms with Crippen LogP contribution in [0.1, 0.15) is 27.3 Å². The Labute approximate surface area is 150 Å². The van der Waals surface area contributed by atoms with Crippen LogP contribution in [0.25, 0.3) is 10.9 Å². The smallest absolute Gasteiger partial charge is 0.267 e. The third-order valence-electron chi connectivity index (χ3n) is 3.81. The van der Waals surface area contributed by atoms with Gasteiger partial charge < -0.3 is 15.6 Å². The van der Waals surface area contributed by atoms with Crippen molar-refractivity contribution in [1.82, 2.24) is 15.6 Å². The molecule has 1 aromatic heterocycles. The van der Waals surface area contributed by atoms with Crippen LogP contribution < -0.4 is 10.6 Å². The lowest BCUT2D eigenvalue weighted by atomic mass is 10.2. The molecule has 6 heteroatoms. The lowest BCUT2D eigenvalue weighted by molar-refractivity contribution is 0.0948. The Balaban J connectivity index is 1.41. The highest BCUT2D eigenvalue weighted by Crippen LogP contribution is 2.14. The van der Waals surface area contributed by atoms with Gasteiger partial charge in [0.25, 0.3) is 11.8 Å². The minimum atomic E-state index is -0.154. The molecule has 0 saturated heterocycles. The maximum atomic E-state index is 12.1. The number of hydrogen-bond donors (Lipinski definition) is 3. The van der Waals surface area contributed by atoms with Crippen molar-refractivity contribution in [3.8, 4) is 0 Å². The van der Waals surface area contributed by atoms with E-state index in [9.17, 15) is 9.59 Å². The minimum absolute atomic E-state index is 0.153. The number of H-pyrrole nitrogens is 1. The summed E-state index contributed by atoms with van der Waals surface area (Å²) >= 11 is 5.79. The van der Waals surface area contributed by atoms with Crippen molar-refractivity contribution in [2.24, 2.45) is 0 Å². The van der Waals surface area contributed by atoms with E-state index in [0.29, 0.717) is 35.8 Å². The molecule has 0 atom stereocenters. The molecule has 0 aliphatic heterocycles. The van der Waals surface area contributed by atoms with Crippen LogP contribution in [0.5, 0.6) is 0 Å². The number of para-hydroxylation sites is 1. The Morgan fingerprint density at radius 3 is 2.32 bits per heavy atom. The third-order valence-corrected chi connectivity index (χ3v) is 4.06. The third kappa shape index (κ3) is 4.39. The lowest BCUT2D eigenvalue weighted by Gasteiger charge is -2.06. The molecule has 3 rings (SSSR count). The van der Waals surface area contributed by atoms with E-state index in [0.717, 1.165) is 10.9 Å². The van der Waals surface area contributed by atoms with Gasteiger partial charge in [0.05, 0.1) is 0 Å². The molecule has 1 heterocycles. The van der Waals surface area contributed by atoms with Crippen molar-refractivity contribution in [3.63, 3.8) is 0 Å². The van der Waals surface area contributed by atoms with Gasteiger partial charge in [0.1, 0.15) is 5.69 Å². The van der Waals surface area contributed by atoms with Crippen LogP contribution in [0.4, 0.5) is 0 Å². The van der Waals surface area contributed by atoms with Gasteiger partial charge in [0.15, 0.2) is 0 Å². The average Bonchev–Trinajstić information content (AvgIpc) is 3.06. The number of carbonyl (C=O) groups excluding carboxylic acids is 2. The molecule has 0 spiro atoms. The predicted molar refractivity (Wildman–Crippen MR) is 99.0 cm³/mol. The quantitative estimate of drug-likeness (QED) is 0.593. The maximum Gasteiger partial charge on any atom is 0.267 e. The fraction of sp³-hybridized carbons (Fsp3) is 0.158. The Morgan fingerprint density at radius 2 is 1.60 bits per heavy atom. The Morgan fingerprint density at radius 1 is 0.920 bits per heavy atom. The molecule has 128 valence electrons. The van der Waals surface area contributed by atoms with Crippen LogP contribution in [0.2, 0.25) is 5.02 Å². The molecule has 0 saturated carbocycles. The summed E-state index contributed by atoms with van der Waals surface area (Å²) in [6.07, 6.45) is 0.644. The molecule has 2 aromatic carbocycles. The summed E-state index contributed by atoms with van der Waals surface area (Å²) in [6, 6.07) is 16.3. The van der Waals surface area contributed by atoms with Crippen molar-refractivity contribution in [2.75, 3.05) is 13.1 Å². The molecule has 0 bridgehead atoms. The van der Waals surface area contributed by atoms with Gasteiger partial charge >= 0.3 is 0 Å². The second-order valence-corrected chi connectivity index (χ2v) is 6.08. The molecule has 5 nitrogen and oxygen atoms in total. The number of rotatable bonds is 6. The van der Waals surface area contributed by atoms with Crippen molar-refractivity contribution < 1.29 is 9.59 Å². The van der Waals surface area contributed by atoms with Gasteiger partial charge in [0, 0.05) is 34.6 Å². The number of benzene rings is 2. The summed E-state index contributed by atoms with van der Waals surface area (Å²) in [7, 11) is 0. The molecule has 0 unspecified atom stereocenters. The van der Waals surface area contributed by atoms with Crippen molar-refractivity contribution in [3.05, 3.63) is 70.9 Å². The van der Waals surface area contributed by atoms with Gasteiger partial charge in [-0.2, -0.15) is 0 Å². The van der Waals surface area contributed by atoms with E-state index in [2.05, 4.69) is 15.6 Å². The first kappa shape index (κ1) is 17.0. The highest BCUT2D eigenvalue weighted by Gasteiger charge is 2.09. The summed E-state index contributed by atoms with van der Waals surface area (Å²) in [5.74, 6) is -0.307. The monoisotopic (exact) mass is 355 g/mol. The van der Waals surface area contributed by atoms with Crippen LogP contribution in [0, 0.1) is 0 Å². The zero-order valence-electron chi connectivity index (χ0n) is 13.5. The van der Waals surface area contributed by atoms with Crippen LogP contribution in [-0.4, -0.2) is 29.9 Å². The van der Waals surface area contributed by atoms with E-state index in [4.69, 9.17) is 11.6 Å². The van der Waals surface area contributed by atoms with Crippen molar-refractivity contribution >= 4 is 34.3 Å². The zero-order chi connectivity index (χ0) is 17.6. The molecule has 0 aliphatic carbocycles. The van der Waals surface area contributed by atoms with Gasteiger partial charge in [-0.05, 0) is 42.8 Å². The fourth-order valence-corrected chi connectivity index (χ4v) is 2.61. The first-order chi connectivity index (χ1) is 12.1. The van der Waals surface area contributed by atoms with Gasteiger partial charge in [-0.3, -0.25) is 9.59 Å². The first-order valence-corrected chi connectivity index (χ1v) is 8.41. The van der Waals surface area contributed by atoms with Gasteiger partial charge in [-0.15, -0.1) is 0 Å². The van der Waals surface area contributed by atoms with Gasteiger partial charge in [-0.1, -0.05) is 29.8 Å². The van der Waals surface area contributed by atoms with E-state index in [-0.39, 0.29) is 11.8 Å². The molecule has 0 aliphatic rings. The maximum absolute atomic E-state index is 12.1. The molecule has 0 fully saturated rings. The van der Waals surface area contributed by atoms with Crippen LogP contribution >= 0.6 is 11.6 Å². The van der Waals surface area contributed by atoms with E-state index >= 15 is 0 Å². The highest BCUT2D eigenvalue weighted by atomic mass is 35.5. The Hall–Kier alpha value is -2.79. The zero-order valence-corrected chi connectivity index (χ0v) is 14.3. The molecule has 0 radical (unpaired) electrons. The van der Waals surface area contributed by atoms with Crippen LogP contribution in [0.15, 0.2) is 54.6 Å². The van der Waals surface area contributed by atoms with E-state index in [1.165, 1.54) is 0 Å². The van der Waals surface area contributed by atoms with Gasteiger partial charge in [0.2, 0.25) is 0 Å². The van der Waals surface area contributed by atoms with Crippen molar-refractivity contribution in [2.45, 2.75) is 6.42 Å². The lowest BCUT2D eigenvalue weighted by Crippen LogP contribution is -2.30. The van der Waals surface area contributed by atoms with Crippen LogP contribution in [0.3, 0.4) is 0 Å². The second-order valence-electron chi connectivity index (χ2n) is 5.64. The number of nitrogens with one attached hydrogen (secondary N) is 3. The van der Waals surface area contributed by atoms with Crippen LogP contribution in [-0.2, 0) is 0 Å². The molecule has 25 heavy (non-hydrogen) atoms. The second kappa shape index (κ2) is 7.85. The number of halogens is 1. The summed E-state index contributed by atoms with van der Waals surface area (Å²) in [5, 5.41) is 7.25. The number of fused-ring (bicyclic) bond motifs is 1. The predicted octanol–water partition coefficient (Wildman–Crippen LogP) is 3.37. The number of aromatic nitrogens is 1. The van der Waals surface area contributed by atoms with E-state index in [1.54, 1.807) is 24.3 Å². The highest BCUT2D eigenvalue weighted by molar-refractivity contribution is 6.30. The van der Waals surface area contributed by atoms with E-state index < -0.39 is 0 Å². The van der Waals surface area contributed by atoms with Gasteiger partial charge in [-0.25, -0.2) is 0 Å². The first-order valence-electron chi connectivity index (χ1n) is 8.03. The molecule has 3 N–H and O–H groups in total. The fourth-order valence-electron chi connectivity index (χ4n) is 2.49. The molecule has 2 amide bonds. The standard InChI is InChI=1S/C19H18ClN3O2/c20-15-8-6-13(7-9-15)18(24)21-10-3-11-22-19(25)17-12-14-4-1-2-5-16(14)23-17/h1-2,4-9,12,23H,3,10-11H2,(H,21,24)(H,22,25). The average molecular weight is 356 g/mol.